The molecule has 0 bridgehead atoms. The molecule has 0 saturated carbocycles. The number of carbonyl (C=O) groups is 1. The minimum absolute atomic E-state index is 0.347. The molecule has 0 saturated heterocycles. The molecule has 28 heavy (non-hydrogen) atoms. The number of tetrazole rings is 1. The Bertz CT molecular complexity index is 940. The minimum Gasteiger partial charge on any atom is -0.493 e. The van der Waals surface area contributed by atoms with E-state index in [1.54, 1.807) is 50.6 Å². The molecule has 0 fully saturated rings. The molecular formula is C19H20N4O5. The van der Waals surface area contributed by atoms with Crippen molar-refractivity contribution in [3.05, 3.63) is 48.0 Å². The molecule has 0 aliphatic heterocycles. The standard InChI is InChI=1S/C19H20N4O5/c1-25-16-9-6-14(12-17(16)26-2)18-20-22-23(21-18)10-11-28-15-7-4-13(5-8-15)19(24)27-3/h4-9,12H,10-11H2,1-3H3. The average molecular weight is 384 g/mol. The van der Waals surface area contributed by atoms with Crippen LogP contribution in [0.2, 0.25) is 0 Å². The Labute approximate surface area is 161 Å². The van der Waals surface area contributed by atoms with Crippen molar-refractivity contribution >= 4 is 5.97 Å². The smallest absolute Gasteiger partial charge is 0.337 e. The second kappa shape index (κ2) is 8.85. The molecule has 0 atom stereocenters. The van der Waals surface area contributed by atoms with Gasteiger partial charge in [-0.1, -0.05) is 0 Å². The molecule has 2 aromatic carbocycles. The van der Waals surface area contributed by atoms with Crippen molar-refractivity contribution in [3.8, 4) is 28.6 Å². The first-order valence-corrected chi connectivity index (χ1v) is 8.46. The predicted molar refractivity (Wildman–Crippen MR) is 99.6 cm³/mol. The van der Waals surface area contributed by atoms with Crippen LogP contribution in [-0.4, -0.2) is 54.1 Å². The molecule has 0 aliphatic carbocycles. The third kappa shape index (κ3) is 4.37. The summed E-state index contributed by atoms with van der Waals surface area (Å²) in [4.78, 5) is 12.9. The van der Waals surface area contributed by atoms with Gasteiger partial charge in [0.1, 0.15) is 12.4 Å². The van der Waals surface area contributed by atoms with E-state index in [0.29, 0.717) is 41.8 Å². The van der Waals surface area contributed by atoms with Gasteiger partial charge in [-0.3, -0.25) is 0 Å². The first-order chi connectivity index (χ1) is 13.6. The van der Waals surface area contributed by atoms with E-state index in [-0.39, 0.29) is 5.97 Å². The lowest BCUT2D eigenvalue weighted by atomic mass is 10.2. The Kier molecular flexibility index (Phi) is 6.05. The Morgan fingerprint density at radius 2 is 1.75 bits per heavy atom. The Hall–Kier alpha value is -3.62. The summed E-state index contributed by atoms with van der Waals surface area (Å²) < 4.78 is 20.8. The molecule has 146 valence electrons. The van der Waals surface area contributed by atoms with E-state index in [4.69, 9.17) is 14.2 Å². The van der Waals surface area contributed by atoms with Gasteiger partial charge in [-0.15, -0.1) is 10.2 Å². The summed E-state index contributed by atoms with van der Waals surface area (Å²) in [5, 5.41) is 12.4. The van der Waals surface area contributed by atoms with Crippen LogP contribution in [0, 0.1) is 0 Å². The van der Waals surface area contributed by atoms with Crippen LogP contribution >= 0.6 is 0 Å². The van der Waals surface area contributed by atoms with Crippen molar-refractivity contribution < 1.29 is 23.7 Å². The van der Waals surface area contributed by atoms with Crippen LogP contribution in [-0.2, 0) is 11.3 Å². The van der Waals surface area contributed by atoms with E-state index in [2.05, 4.69) is 20.1 Å². The summed E-state index contributed by atoms with van der Waals surface area (Å²) >= 11 is 0. The number of carbonyl (C=O) groups excluding carboxylic acids is 1. The third-order valence-corrected chi connectivity index (χ3v) is 3.93. The van der Waals surface area contributed by atoms with Gasteiger partial charge in [-0.2, -0.15) is 4.80 Å². The molecule has 0 amide bonds. The van der Waals surface area contributed by atoms with E-state index in [1.165, 1.54) is 11.9 Å². The quantitative estimate of drug-likeness (QED) is 0.545. The van der Waals surface area contributed by atoms with E-state index >= 15 is 0 Å². The molecule has 0 N–H and O–H groups in total. The molecule has 3 aromatic rings. The van der Waals surface area contributed by atoms with Gasteiger partial charge in [-0.25, -0.2) is 4.79 Å². The fourth-order valence-electron chi connectivity index (χ4n) is 2.48. The maximum absolute atomic E-state index is 11.4. The first-order valence-electron chi connectivity index (χ1n) is 8.46. The fraction of sp³-hybridized carbons (Fsp3) is 0.263. The highest BCUT2D eigenvalue weighted by atomic mass is 16.5. The number of aromatic nitrogens is 4. The van der Waals surface area contributed by atoms with Gasteiger partial charge in [0, 0.05) is 5.56 Å². The summed E-state index contributed by atoms with van der Waals surface area (Å²) in [6.07, 6.45) is 0. The lowest BCUT2D eigenvalue weighted by molar-refractivity contribution is 0.0600. The highest BCUT2D eigenvalue weighted by Gasteiger charge is 2.11. The van der Waals surface area contributed by atoms with Crippen LogP contribution in [0.1, 0.15) is 10.4 Å². The SMILES string of the molecule is COC(=O)c1ccc(OCCn2nnc(-c3ccc(OC)c(OC)c3)n2)cc1. The van der Waals surface area contributed by atoms with E-state index in [9.17, 15) is 4.79 Å². The van der Waals surface area contributed by atoms with Crippen molar-refractivity contribution in [2.24, 2.45) is 0 Å². The van der Waals surface area contributed by atoms with Gasteiger partial charge >= 0.3 is 5.97 Å². The maximum atomic E-state index is 11.4. The number of rotatable bonds is 8. The van der Waals surface area contributed by atoms with Crippen molar-refractivity contribution in [1.82, 2.24) is 20.2 Å². The zero-order chi connectivity index (χ0) is 19.9. The van der Waals surface area contributed by atoms with Crippen LogP contribution in [0.3, 0.4) is 0 Å². The number of methoxy groups -OCH3 is 3. The lowest BCUT2D eigenvalue weighted by Crippen LogP contribution is -2.11. The first kappa shape index (κ1) is 19.2. The summed E-state index contributed by atoms with van der Waals surface area (Å²) in [6, 6.07) is 12.1. The van der Waals surface area contributed by atoms with Gasteiger partial charge in [0.15, 0.2) is 11.5 Å². The molecule has 0 radical (unpaired) electrons. The Morgan fingerprint density at radius 3 is 2.43 bits per heavy atom. The fourth-order valence-corrected chi connectivity index (χ4v) is 2.48. The van der Waals surface area contributed by atoms with Crippen LogP contribution in [0.5, 0.6) is 17.2 Å². The molecule has 9 nitrogen and oxygen atoms in total. The highest BCUT2D eigenvalue weighted by Crippen LogP contribution is 2.30. The lowest BCUT2D eigenvalue weighted by Gasteiger charge is -2.07. The van der Waals surface area contributed by atoms with Gasteiger partial charge in [0.25, 0.3) is 0 Å². The summed E-state index contributed by atoms with van der Waals surface area (Å²) in [6.45, 7) is 0.762. The molecular weight excluding hydrogens is 364 g/mol. The third-order valence-electron chi connectivity index (χ3n) is 3.93. The zero-order valence-electron chi connectivity index (χ0n) is 15.8. The van der Waals surface area contributed by atoms with Gasteiger partial charge in [0.05, 0.1) is 33.4 Å². The summed E-state index contributed by atoms with van der Waals surface area (Å²) in [5.74, 6) is 1.94. The van der Waals surface area contributed by atoms with E-state index < -0.39 is 0 Å². The van der Waals surface area contributed by atoms with Crippen molar-refractivity contribution in [2.45, 2.75) is 6.54 Å². The number of benzene rings is 2. The number of esters is 1. The number of nitrogens with zero attached hydrogens (tertiary/aromatic N) is 4. The van der Waals surface area contributed by atoms with Crippen LogP contribution < -0.4 is 14.2 Å². The maximum Gasteiger partial charge on any atom is 0.337 e. The monoisotopic (exact) mass is 384 g/mol. The molecule has 1 heterocycles. The van der Waals surface area contributed by atoms with Crippen LogP contribution in [0.4, 0.5) is 0 Å². The number of hydrogen-bond acceptors (Lipinski definition) is 8. The highest BCUT2D eigenvalue weighted by molar-refractivity contribution is 5.89. The topological polar surface area (TPSA) is 97.6 Å². The molecule has 1 aromatic heterocycles. The Balaban J connectivity index is 1.58. The van der Waals surface area contributed by atoms with Crippen molar-refractivity contribution in [1.29, 1.82) is 0 Å². The molecule has 0 unspecified atom stereocenters. The Morgan fingerprint density at radius 1 is 1.00 bits per heavy atom. The number of ether oxygens (including phenoxy) is 4. The van der Waals surface area contributed by atoms with Crippen molar-refractivity contribution in [2.75, 3.05) is 27.9 Å². The van der Waals surface area contributed by atoms with E-state index in [0.717, 1.165) is 5.56 Å². The zero-order valence-corrected chi connectivity index (χ0v) is 15.8. The van der Waals surface area contributed by atoms with Crippen LogP contribution in [0.25, 0.3) is 11.4 Å². The number of hydrogen-bond donors (Lipinski definition) is 0. The van der Waals surface area contributed by atoms with Crippen LogP contribution in [0.15, 0.2) is 42.5 Å². The molecule has 3 rings (SSSR count). The second-order valence-corrected chi connectivity index (χ2v) is 5.64. The van der Waals surface area contributed by atoms with E-state index in [1.807, 2.05) is 6.07 Å². The van der Waals surface area contributed by atoms with Gasteiger partial charge < -0.3 is 18.9 Å². The molecule has 0 spiro atoms. The second-order valence-electron chi connectivity index (χ2n) is 5.64. The van der Waals surface area contributed by atoms with Crippen molar-refractivity contribution in [3.63, 3.8) is 0 Å². The summed E-state index contributed by atoms with van der Waals surface area (Å²) in [5.41, 5.74) is 1.23. The average Bonchev–Trinajstić information content (AvgIpc) is 3.22. The largest absolute Gasteiger partial charge is 0.493 e. The van der Waals surface area contributed by atoms with Gasteiger partial charge in [0.2, 0.25) is 5.82 Å². The minimum atomic E-state index is -0.388. The van der Waals surface area contributed by atoms with Gasteiger partial charge in [-0.05, 0) is 47.7 Å². The summed E-state index contributed by atoms with van der Waals surface area (Å²) in [7, 11) is 4.49. The predicted octanol–water partition coefficient (Wildman–Crippen LogP) is 2.22. The molecule has 9 heteroatoms. The normalized spacial score (nSPS) is 10.4. The molecule has 0 aliphatic rings.